The highest BCUT2D eigenvalue weighted by atomic mass is 19.1. The molecule has 0 aliphatic heterocycles. The zero-order valence-electron chi connectivity index (χ0n) is 14.0. The average Bonchev–Trinajstić information content (AvgIpc) is 2.55. The molecule has 124 valence electrons. The van der Waals surface area contributed by atoms with E-state index < -0.39 is 0 Å². The summed E-state index contributed by atoms with van der Waals surface area (Å²) >= 11 is 0. The summed E-state index contributed by atoms with van der Waals surface area (Å²) < 4.78 is 18.7. The number of ether oxygens (including phenoxy) is 1. The summed E-state index contributed by atoms with van der Waals surface area (Å²) in [5.41, 5.74) is 8.55. The van der Waals surface area contributed by atoms with Gasteiger partial charge in [0.1, 0.15) is 11.6 Å². The highest BCUT2D eigenvalue weighted by Gasteiger charge is 2.10. The molecule has 2 aromatic rings. The van der Waals surface area contributed by atoms with Crippen molar-refractivity contribution in [2.75, 3.05) is 13.2 Å². The van der Waals surface area contributed by atoms with Crippen LogP contribution in [0.3, 0.4) is 0 Å². The van der Waals surface area contributed by atoms with Gasteiger partial charge in [-0.2, -0.15) is 0 Å². The normalized spacial score (nSPS) is 12.4. The Balaban J connectivity index is 1.82. The van der Waals surface area contributed by atoms with Crippen molar-refractivity contribution in [3.05, 3.63) is 65.5 Å². The van der Waals surface area contributed by atoms with Crippen molar-refractivity contribution in [3.8, 4) is 5.75 Å². The first kappa shape index (κ1) is 17.5. The molecule has 3 heteroatoms. The summed E-state index contributed by atoms with van der Waals surface area (Å²) in [5.74, 6) is 1.19. The topological polar surface area (TPSA) is 35.2 Å². The maximum atomic E-state index is 13.1. The van der Waals surface area contributed by atoms with Crippen LogP contribution in [0.1, 0.15) is 49.7 Å². The zero-order chi connectivity index (χ0) is 16.7. The molecule has 0 radical (unpaired) electrons. The number of halogens is 1. The van der Waals surface area contributed by atoms with E-state index in [2.05, 4.69) is 38.1 Å². The third-order valence-electron chi connectivity index (χ3n) is 4.12. The van der Waals surface area contributed by atoms with E-state index in [1.165, 1.54) is 23.3 Å². The molecule has 0 saturated carbocycles. The maximum absolute atomic E-state index is 13.1. The quantitative estimate of drug-likeness (QED) is 0.707. The van der Waals surface area contributed by atoms with Gasteiger partial charge in [0.05, 0.1) is 6.61 Å². The van der Waals surface area contributed by atoms with E-state index >= 15 is 0 Å². The van der Waals surface area contributed by atoms with E-state index in [1.54, 1.807) is 12.1 Å². The van der Waals surface area contributed by atoms with Crippen molar-refractivity contribution < 1.29 is 9.13 Å². The molecule has 23 heavy (non-hydrogen) atoms. The lowest BCUT2D eigenvalue weighted by molar-refractivity contribution is 0.300. The molecule has 0 aliphatic rings. The van der Waals surface area contributed by atoms with Gasteiger partial charge in [0.15, 0.2) is 0 Å². The van der Waals surface area contributed by atoms with Crippen molar-refractivity contribution >= 4 is 0 Å². The van der Waals surface area contributed by atoms with Gasteiger partial charge in [-0.1, -0.05) is 44.2 Å². The van der Waals surface area contributed by atoms with Crippen molar-refractivity contribution in [1.29, 1.82) is 0 Å². The van der Waals surface area contributed by atoms with Gasteiger partial charge in [0, 0.05) is 6.07 Å². The lowest BCUT2D eigenvalue weighted by Crippen LogP contribution is -2.14. The molecule has 0 saturated heterocycles. The first-order chi connectivity index (χ1) is 11.1. The fourth-order valence-electron chi connectivity index (χ4n) is 2.65. The summed E-state index contributed by atoms with van der Waals surface area (Å²) in [6, 6.07) is 15.0. The minimum atomic E-state index is -0.271. The Bertz CT molecular complexity index is 595. The van der Waals surface area contributed by atoms with E-state index in [4.69, 9.17) is 10.5 Å². The van der Waals surface area contributed by atoms with Gasteiger partial charge in [-0.25, -0.2) is 4.39 Å². The van der Waals surface area contributed by atoms with Crippen LogP contribution in [0.25, 0.3) is 0 Å². The van der Waals surface area contributed by atoms with Crippen LogP contribution in [0.5, 0.6) is 5.75 Å². The molecule has 0 fully saturated rings. The van der Waals surface area contributed by atoms with Crippen LogP contribution < -0.4 is 10.5 Å². The Labute approximate surface area is 138 Å². The number of benzene rings is 2. The largest absolute Gasteiger partial charge is 0.493 e. The molecule has 0 heterocycles. The van der Waals surface area contributed by atoms with Crippen LogP contribution in [0.15, 0.2) is 48.5 Å². The molecule has 0 aliphatic carbocycles. The highest BCUT2D eigenvalue weighted by molar-refractivity contribution is 5.27. The van der Waals surface area contributed by atoms with Gasteiger partial charge in [0.2, 0.25) is 0 Å². The first-order valence-electron chi connectivity index (χ1n) is 8.28. The molecule has 2 nitrogen and oxygen atoms in total. The second-order valence-corrected chi connectivity index (χ2v) is 6.20. The van der Waals surface area contributed by atoms with E-state index in [1.807, 2.05) is 0 Å². The lowest BCUT2D eigenvalue weighted by atomic mass is 9.92. The summed E-state index contributed by atoms with van der Waals surface area (Å²) in [5, 5.41) is 0. The highest BCUT2D eigenvalue weighted by Crippen LogP contribution is 2.23. The van der Waals surface area contributed by atoms with Crippen molar-refractivity contribution in [2.24, 2.45) is 5.73 Å². The van der Waals surface area contributed by atoms with Crippen molar-refractivity contribution in [1.82, 2.24) is 0 Å². The molecule has 0 aromatic heterocycles. The van der Waals surface area contributed by atoms with Crippen molar-refractivity contribution in [3.63, 3.8) is 0 Å². The minimum Gasteiger partial charge on any atom is -0.493 e. The molecule has 1 atom stereocenters. The Kier molecular flexibility index (Phi) is 6.60. The van der Waals surface area contributed by atoms with Gasteiger partial charge < -0.3 is 10.5 Å². The van der Waals surface area contributed by atoms with E-state index in [0.717, 1.165) is 12.8 Å². The summed E-state index contributed by atoms with van der Waals surface area (Å²) in [4.78, 5) is 0. The van der Waals surface area contributed by atoms with E-state index in [-0.39, 0.29) is 5.82 Å². The molecule has 1 unspecified atom stereocenters. The van der Waals surface area contributed by atoms with Gasteiger partial charge in [-0.05, 0) is 54.5 Å². The number of hydrogen-bond donors (Lipinski definition) is 1. The van der Waals surface area contributed by atoms with Crippen LogP contribution in [0.2, 0.25) is 0 Å². The van der Waals surface area contributed by atoms with Crippen molar-refractivity contribution in [2.45, 2.75) is 38.5 Å². The fraction of sp³-hybridized carbons (Fsp3) is 0.400. The molecule has 2 rings (SSSR count). The molecule has 0 bridgehead atoms. The van der Waals surface area contributed by atoms with Crippen LogP contribution in [-0.2, 0) is 0 Å². The Morgan fingerprint density at radius 2 is 1.74 bits per heavy atom. The maximum Gasteiger partial charge on any atom is 0.126 e. The summed E-state index contributed by atoms with van der Waals surface area (Å²) in [7, 11) is 0. The second-order valence-electron chi connectivity index (χ2n) is 6.20. The average molecular weight is 315 g/mol. The van der Waals surface area contributed by atoms with Gasteiger partial charge >= 0.3 is 0 Å². The first-order valence-corrected chi connectivity index (χ1v) is 8.28. The molecule has 0 spiro atoms. The fourth-order valence-corrected chi connectivity index (χ4v) is 2.65. The number of hydrogen-bond acceptors (Lipinski definition) is 2. The van der Waals surface area contributed by atoms with Gasteiger partial charge in [0.25, 0.3) is 0 Å². The Morgan fingerprint density at radius 1 is 1.04 bits per heavy atom. The molecular weight excluding hydrogens is 289 g/mol. The number of rotatable bonds is 8. The van der Waals surface area contributed by atoms with Crippen LogP contribution in [0, 0.1) is 5.82 Å². The van der Waals surface area contributed by atoms with Crippen LogP contribution in [-0.4, -0.2) is 13.2 Å². The van der Waals surface area contributed by atoms with E-state index in [0.29, 0.717) is 30.7 Å². The minimum absolute atomic E-state index is 0.271. The molecule has 2 aromatic carbocycles. The molecule has 2 N–H and O–H groups in total. The monoisotopic (exact) mass is 315 g/mol. The Morgan fingerprint density at radius 3 is 2.35 bits per heavy atom. The zero-order valence-corrected chi connectivity index (χ0v) is 14.0. The lowest BCUT2D eigenvalue weighted by Gasteiger charge is -2.16. The second kappa shape index (κ2) is 8.68. The summed E-state index contributed by atoms with van der Waals surface area (Å²) in [6.45, 7) is 5.59. The van der Waals surface area contributed by atoms with Gasteiger partial charge in [-0.3, -0.25) is 0 Å². The van der Waals surface area contributed by atoms with Gasteiger partial charge in [-0.15, -0.1) is 0 Å². The third-order valence-corrected chi connectivity index (χ3v) is 4.12. The SMILES string of the molecule is CC(C)c1ccc(C(CN)CCCOc2cccc(F)c2)cc1. The summed E-state index contributed by atoms with van der Waals surface area (Å²) in [6.07, 6.45) is 1.86. The van der Waals surface area contributed by atoms with Crippen LogP contribution in [0.4, 0.5) is 4.39 Å². The Hall–Kier alpha value is -1.87. The smallest absolute Gasteiger partial charge is 0.126 e. The third kappa shape index (κ3) is 5.36. The van der Waals surface area contributed by atoms with E-state index in [9.17, 15) is 4.39 Å². The van der Waals surface area contributed by atoms with Crippen LogP contribution >= 0.6 is 0 Å². The molecular formula is C20H26FNO. The predicted molar refractivity (Wildman–Crippen MR) is 93.5 cm³/mol. The predicted octanol–water partition coefficient (Wildman–Crippen LogP) is 4.85. The standard InChI is InChI=1S/C20H26FNO/c1-15(2)16-8-10-17(11-9-16)18(14-22)5-4-12-23-20-7-3-6-19(21)13-20/h3,6-11,13,15,18H,4-5,12,14,22H2,1-2H3. The molecule has 0 amide bonds. The number of nitrogens with two attached hydrogens (primary N) is 1.